The fraction of sp³-hybridized carbons (Fsp3) is 0.214. The summed E-state index contributed by atoms with van der Waals surface area (Å²) < 4.78 is 2.34. The fourth-order valence-electron chi connectivity index (χ4n) is 1.93. The second kappa shape index (κ2) is 5.76. The number of hydrogen-bond donors (Lipinski definition) is 2. The zero-order valence-electron chi connectivity index (χ0n) is 11.4. The molecule has 7 heteroatoms. The van der Waals surface area contributed by atoms with Crippen LogP contribution in [0.5, 0.6) is 0 Å². The molecule has 110 valence electrons. The maximum Gasteiger partial charge on any atom is 0.335 e. The van der Waals surface area contributed by atoms with Crippen LogP contribution in [-0.2, 0) is 18.3 Å². The van der Waals surface area contributed by atoms with Gasteiger partial charge in [-0.3, -0.25) is 9.59 Å². The van der Waals surface area contributed by atoms with Crippen LogP contribution in [0.25, 0.3) is 5.69 Å². The van der Waals surface area contributed by atoms with Crippen LogP contribution < -0.4 is 17.0 Å². The maximum atomic E-state index is 12.0. The Labute approximate surface area is 119 Å². The molecule has 0 fully saturated rings. The number of nitrogens with zero attached hydrogens (tertiary/aromatic N) is 2. The number of aliphatic carboxylic acids is 1. The Kier molecular flexibility index (Phi) is 4.04. The van der Waals surface area contributed by atoms with Gasteiger partial charge in [0, 0.05) is 19.3 Å². The largest absolute Gasteiger partial charge is 0.480 e. The van der Waals surface area contributed by atoms with Crippen molar-refractivity contribution in [1.29, 1.82) is 0 Å². The number of aromatic nitrogens is 2. The topological polar surface area (TPSA) is 107 Å². The highest BCUT2D eigenvalue weighted by Gasteiger charge is 2.12. The first kappa shape index (κ1) is 14.7. The van der Waals surface area contributed by atoms with E-state index in [0.717, 1.165) is 10.1 Å². The van der Waals surface area contributed by atoms with Gasteiger partial charge in [0.15, 0.2) is 0 Å². The van der Waals surface area contributed by atoms with Gasteiger partial charge in [0.1, 0.15) is 6.04 Å². The molecule has 1 heterocycles. The van der Waals surface area contributed by atoms with E-state index in [4.69, 9.17) is 10.8 Å². The van der Waals surface area contributed by atoms with Crippen LogP contribution >= 0.6 is 0 Å². The maximum absolute atomic E-state index is 12.0. The second-order valence-electron chi connectivity index (χ2n) is 4.70. The lowest BCUT2D eigenvalue weighted by atomic mass is 10.1. The van der Waals surface area contributed by atoms with E-state index in [1.807, 2.05) is 0 Å². The molecule has 0 radical (unpaired) electrons. The molecule has 0 bridgehead atoms. The van der Waals surface area contributed by atoms with E-state index in [1.54, 1.807) is 31.3 Å². The smallest absolute Gasteiger partial charge is 0.335 e. The van der Waals surface area contributed by atoms with Gasteiger partial charge in [-0.25, -0.2) is 9.36 Å². The van der Waals surface area contributed by atoms with Crippen LogP contribution in [-0.4, -0.2) is 26.3 Å². The molecule has 1 atom stereocenters. The Balaban J connectivity index is 2.36. The van der Waals surface area contributed by atoms with Crippen LogP contribution in [0.1, 0.15) is 5.56 Å². The van der Waals surface area contributed by atoms with Crippen LogP contribution in [0.2, 0.25) is 0 Å². The van der Waals surface area contributed by atoms with Gasteiger partial charge in [-0.1, -0.05) is 12.1 Å². The quantitative estimate of drug-likeness (QED) is 0.788. The summed E-state index contributed by atoms with van der Waals surface area (Å²) in [5.74, 6) is -1.08. The van der Waals surface area contributed by atoms with Gasteiger partial charge in [0.05, 0.1) is 5.69 Å². The number of rotatable bonds is 4. The summed E-state index contributed by atoms with van der Waals surface area (Å²) in [4.78, 5) is 34.5. The van der Waals surface area contributed by atoms with Crippen molar-refractivity contribution in [3.8, 4) is 5.69 Å². The van der Waals surface area contributed by atoms with Crippen molar-refractivity contribution in [2.75, 3.05) is 0 Å². The van der Waals surface area contributed by atoms with Crippen LogP contribution in [0.3, 0.4) is 0 Å². The molecule has 0 amide bonds. The van der Waals surface area contributed by atoms with Crippen molar-refractivity contribution in [2.24, 2.45) is 12.8 Å². The fourth-order valence-corrected chi connectivity index (χ4v) is 1.93. The molecule has 0 aliphatic heterocycles. The third kappa shape index (κ3) is 3.09. The summed E-state index contributed by atoms with van der Waals surface area (Å²) in [6.07, 6.45) is 1.58. The van der Waals surface area contributed by atoms with E-state index >= 15 is 0 Å². The summed E-state index contributed by atoms with van der Waals surface area (Å²) in [7, 11) is 1.55. The Morgan fingerprint density at radius 1 is 1.24 bits per heavy atom. The van der Waals surface area contributed by atoms with Crippen molar-refractivity contribution < 1.29 is 9.90 Å². The summed E-state index contributed by atoms with van der Waals surface area (Å²) >= 11 is 0. The van der Waals surface area contributed by atoms with Crippen molar-refractivity contribution in [2.45, 2.75) is 12.5 Å². The lowest BCUT2D eigenvalue weighted by molar-refractivity contribution is -0.138. The highest BCUT2D eigenvalue weighted by atomic mass is 16.4. The predicted molar refractivity (Wildman–Crippen MR) is 76.6 cm³/mol. The minimum absolute atomic E-state index is 0.178. The van der Waals surface area contributed by atoms with Crippen molar-refractivity contribution in [3.63, 3.8) is 0 Å². The number of carboxylic acid groups (broad SMARTS) is 1. The van der Waals surface area contributed by atoms with E-state index in [2.05, 4.69) is 0 Å². The van der Waals surface area contributed by atoms with Gasteiger partial charge in [-0.2, -0.15) is 0 Å². The monoisotopic (exact) mass is 289 g/mol. The molecule has 0 aliphatic rings. The Morgan fingerprint density at radius 3 is 2.43 bits per heavy atom. The molecule has 21 heavy (non-hydrogen) atoms. The summed E-state index contributed by atoms with van der Waals surface area (Å²) in [5, 5.41) is 8.76. The van der Waals surface area contributed by atoms with Crippen LogP contribution in [0, 0.1) is 0 Å². The lowest BCUT2D eigenvalue weighted by Gasteiger charge is -2.09. The van der Waals surface area contributed by atoms with E-state index in [0.29, 0.717) is 5.69 Å². The number of aryl methyl sites for hydroxylation is 1. The molecule has 0 saturated carbocycles. The minimum atomic E-state index is -1.08. The van der Waals surface area contributed by atoms with Gasteiger partial charge < -0.3 is 15.4 Å². The summed E-state index contributed by atoms with van der Waals surface area (Å²) in [6.45, 7) is 0. The zero-order chi connectivity index (χ0) is 15.6. The molecule has 0 saturated heterocycles. The number of benzene rings is 1. The standard InChI is InChI=1S/C14H15N3O4/c1-16-7-6-12(18)17(14(16)21)10-4-2-9(3-5-10)8-11(15)13(19)20/h2-7,11H,8,15H2,1H3,(H,19,20)/t11-/m0/s1. The first-order valence-corrected chi connectivity index (χ1v) is 6.26. The van der Waals surface area contributed by atoms with Gasteiger partial charge in [0.2, 0.25) is 0 Å². The third-order valence-electron chi connectivity index (χ3n) is 3.12. The number of nitrogens with two attached hydrogens (primary N) is 1. The van der Waals surface area contributed by atoms with Crippen molar-refractivity contribution in [3.05, 3.63) is 62.9 Å². The zero-order valence-corrected chi connectivity index (χ0v) is 11.4. The minimum Gasteiger partial charge on any atom is -0.480 e. The van der Waals surface area contributed by atoms with E-state index in [-0.39, 0.29) is 6.42 Å². The molecule has 0 unspecified atom stereocenters. The van der Waals surface area contributed by atoms with E-state index in [9.17, 15) is 14.4 Å². The van der Waals surface area contributed by atoms with Crippen molar-refractivity contribution in [1.82, 2.24) is 9.13 Å². The third-order valence-corrected chi connectivity index (χ3v) is 3.12. The first-order valence-electron chi connectivity index (χ1n) is 6.26. The highest BCUT2D eigenvalue weighted by molar-refractivity contribution is 5.73. The SMILES string of the molecule is Cn1ccc(=O)n(-c2ccc(C[C@H](N)C(=O)O)cc2)c1=O. The molecule has 2 aromatic rings. The molecule has 1 aromatic heterocycles. The average Bonchev–Trinajstić information content (AvgIpc) is 2.45. The van der Waals surface area contributed by atoms with E-state index < -0.39 is 23.3 Å². The first-order chi connectivity index (χ1) is 9.90. The van der Waals surface area contributed by atoms with Crippen LogP contribution in [0.15, 0.2) is 46.1 Å². The number of hydrogen-bond acceptors (Lipinski definition) is 4. The average molecular weight is 289 g/mol. The molecule has 7 nitrogen and oxygen atoms in total. The normalized spacial score (nSPS) is 12.1. The summed E-state index contributed by atoms with van der Waals surface area (Å²) in [5.41, 5.74) is 5.73. The summed E-state index contributed by atoms with van der Waals surface area (Å²) in [6, 6.07) is 6.80. The number of carboxylic acids is 1. The molecule has 0 aliphatic carbocycles. The molecular formula is C14H15N3O4. The van der Waals surface area contributed by atoms with E-state index in [1.165, 1.54) is 16.8 Å². The Bertz CT molecular complexity index is 774. The molecular weight excluding hydrogens is 274 g/mol. The number of carbonyl (C=O) groups is 1. The predicted octanol–water partition coefficient (Wildman–Crippen LogP) is -0.509. The van der Waals surface area contributed by atoms with Gasteiger partial charge in [-0.05, 0) is 24.1 Å². The molecule has 2 rings (SSSR count). The van der Waals surface area contributed by atoms with Gasteiger partial charge in [0.25, 0.3) is 5.56 Å². The van der Waals surface area contributed by atoms with Gasteiger partial charge in [-0.15, -0.1) is 0 Å². The Morgan fingerprint density at radius 2 is 1.86 bits per heavy atom. The van der Waals surface area contributed by atoms with Gasteiger partial charge >= 0.3 is 11.7 Å². The molecule has 0 spiro atoms. The highest BCUT2D eigenvalue weighted by Crippen LogP contribution is 2.08. The second-order valence-corrected chi connectivity index (χ2v) is 4.70. The lowest BCUT2D eigenvalue weighted by Crippen LogP contribution is -2.36. The van der Waals surface area contributed by atoms with Crippen molar-refractivity contribution >= 4 is 5.97 Å². The van der Waals surface area contributed by atoms with Crippen LogP contribution in [0.4, 0.5) is 0 Å². The Hall–Kier alpha value is -2.67. The molecule has 1 aromatic carbocycles. The molecule has 3 N–H and O–H groups in total.